The summed E-state index contributed by atoms with van der Waals surface area (Å²) >= 11 is 0. The second-order valence-corrected chi connectivity index (χ2v) is 7.79. The second kappa shape index (κ2) is 13.3. The fourth-order valence-electron chi connectivity index (χ4n) is 3.58. The van der Waals surface area contributed by atoms with Crippen LogP contribution in [-0.2, 0) is 9.59 Å². The van der Waals surface area contributed by atoms with E-state index in [0.29, 0.717) is 37.5 Å². The predicted octanol–water partition coefficient (Wildman–Crippen LogP) is 3.71. The van der Waals surface area contributed by atoms with Crippen molar-refractivity contribution in [2.75, 3.05) is 18.4 Å². The highest BCUT2D eigenvalue weighted by atomic mass is 16.2. The van der Waals surface area contributed by atoms with E-state index in [2.05, 4.69) is 20.9 Å². The molecule has 0 bridgehead atoms. The van der Waals surface area contributed by atoms with E-state index in [9.17, 15) is 9.59 Å². The van der Waals surface area contributed by atoms with Crippen molar-refractivity contribution in [1.82, 2.24) is 15.6 Å². The molecule has 1 aliphatic carbocycles. The van der Waals surface area contributed by atoms with Crippen molar-refractivity contribution in [3.63, 3.8) is 0 Å². The van der Waals surface area contributed by atoms with E-state index >= 15 is 0 Å². The number of hydrogen-bond acceptors (Lipinski definition) is 4. The third kappa shape index (κ3) is 9.83. The SMILES string of the molecule is Cc1ccc(NC(=O)CCCC(=O)NCCNC2CCCCCCCC2)cn1. The van der Waals surface area contributed by atoms with Crippen LogP contribution >= 0.6 is 0 Å². The van der Waals surface area contributed by atoms with Crippen molar-refractivity contribution in [2.45, 2.75) is 83.6 Å². The van der Waals surface area contributed by atoms with Gasteiger partial charge in [0, 0.05) is 37.7 Å². The molecule has 1 aromatic rings. The maximum atomic E-state index is 11.9. The second-order valence-electron chi connectivity index (χ2n) is 7.79. The van der Waals surface area contributed by atoms with Gasteiger partial charge in [0.05, 0.1) is 11.9 Å². The summed E-state index contributed by atoms with van der Waals surface area (Å²) < 4.78 is 0. The number of nitrogens with one attached hydrogen (secondary N) is 3. The Morgan fingerprint density at radius 2 is 1.64 bits per heavy atom. The van der Waals surface area contributed by atoms with E-state index in [-0.39, 0.29) is 11.8 Å². The molecular formula is C22H36N4O2. The molecule has 6 heteroatoms. The van der Waals surface area contributed by atoms with Crippen LogP contribution < -0.4 is 16.0 Å². The average Bonchev–Trinajstić information content (AvgIpc) is 2.81. The third-order valence-corrected chi connectivity index (χ3v) is 5.24. The number of aromatic nitrogens is 1. The van der Waals surface area contributed by atoms with Gasteiger partial charge in [-0.05, 0) is 38.3 Å². The number of carbonyl (C=O) groups is 2. The number of carbonyl (C=O) groups excluding carboxylic acids is 2. The van der Waals surface area contributed by atoms with Crippen LogP contribution in [0.25, 0.3) is 0 Å². The number of amides is 2. The molecule has 1 aromatic heterocycles. The van der Waals surface area contributed by atoms with Crippen molar-refractivity contribution in [3.8, 4) is 0 Å². The van der Waals surface area contributed by atoms with Crippen LogP contribution in [-0.4, -0.2) is 35.9 Å². The van der Waals surface area contributed by atoms with Gasteiger partial charge in [-0.3, -0.25) is 14.6 Å². The van der Waals surface area contributed by atoms with Crippen LogP contribution in [0.5, 0.6) is 0 Å². The molecule has 1 aliphatic rings. The molecule has 0 unspecified atom stereocenters. The van der Waals surface area contributed by atoms with Gasteiger partial charge in [-0.25, -0.2) is 0 Å². The van der Waals surface area contributed by atoms with Crippen LogP contribution in [0.15, 0.2) is 18.3 Å². The van der Waals surface area contributed by atoms with Crippen molar-refractivity contribution in [3.05, 3.63) is 24.0 Å². The Kier molecular flexibility index (Phi) is 10.6. The number of pyridine rings is 1. The van der Waals surface area contributed by atoms with Gasteiger partial charge in [0.2, 0.25) is 11.8 Å². The van der Waals surface area contributed by atoms with Crippen LogP contribution in [0.1, 0.15) is 76.3 Å². The van der Waals surface area contributed by atoms with Gasteiger partial charge in [-0.15, -0.1) is 0 Å². The van der Waals surface area contributed by atoms with Crippen molar-refractivity contribution in [1.29, 1.82) is 0 Å². The Hall–Kier alpha value is -1.95. The fourth-order valence-corrected chi connectivity index (χ4v) is 3.58. The van der Waals surface area contributed by atoms with E-state index in [1.165, 1.54) is 51.4 Å². The van der Waals surface area contributed by atoms with E-state index < -0.39 is 0 Å². The fraction of sp³-hybridized carbons (Fsp3) is 0.682. The number of rotatable bonds is 9. The molecule has 0 saturated heterocycles. The van der Waals surface area contributed by atoms with E-state index in [4.69, 9.17) is 0 Å². The lowest BCUT2D eigenvalue weighted by atomic mass is 10.1. The summed E-state index contributed by atoms with van der Waals surface area (Å²) in [6.07, 6.45) is 13.5. The standard InChI is InChI=1S/C22H36N4O2/c1-18-13-14-20(17-25-18)26-22(28)12-8-11-21(27)24-16-15-23-19-9-6-4-2-3-5-7-10-19/h13-14,17,19,23H,2-12,15-16H2,1H3,(H,24,27)(H,26,28). The zero-order chi connectivity index (χ0) is 20.0. The molecule has 2 rings (SSSR count). The highest BCUT2D eigenvalue weighted by molar-refractivity contribution is 5.90. The summed E-state index contributed by atoms with van der Waals surface area (Å²) in [7, 11) is 0. The van der Waals surface area contributed by atoms with Gasteiger partial charge in [-0.2, -0.15) is 0 Å². The summed E-state index contributed by atoms with van der Waals surface area (Å²) in [5.41, 5.74) is 1.60. The Morgan fingerprint density at radius 3 is 2.32 bits per heavy atom. The van der Waals surface area contributed by atoms with Crippen molar-refractivity contribution in [2.24, 2.45) is 0 Å². The summed E-state index contributed by atoms with van der Waals surface area (Å²) in [4.78, 5) is 28.0. The molecule has 0 radical (unpaired) electrons. The quantitative estimate of drug-likeness (QED) is 0.563. The number of anilines is 1. The number of aryl methyl sites for hydroxylation is 1. The highest BCUT2D eigenvalue weighted by Gasteiger charge is 2.10. The lowest BCUT2D eigenvalue weighted by molar-refractivity contribution is -0.121. The Bertz CT molecular complexity index is 579. The van der Waals surface area contributed by atoms with E-state index in [0.717, 1.165) is 12.2 Å². The molecule has 0 atom stereocenters. The highest BCUT2D eigenvalue weighted by Crippen LogP contribution is 2.16. The molecule has 0 spiro atoms. The molecule has 2 amide bonds. The number of nitrogens with zero attached hydrogens (tertiary/aromatic N) is 1. The van der Waals surface area contributed by atoms with Crippen molar-refractivity contribution < 1.29 is 9.59 Å². The maximum absolute atomic E-state index is 11.9. The lowest BCUT2D eigenvalue weighted by Gasteiger charge is -2.18. The van der Waals surface area contributed by atoms with Gasteiger partial charge >= 0.3 is 0 Å². The van der Waals surface area contributed by atoms with Crippen LogP contribution in [0.2, 0.25) is 0 Å². The topological polar surface area (TPSA) is 83.1 Å². The molecule has 0 aliphatic heterocycles. The molecule has 28 heavy (non-hydrogen) atoms. The van der Waals surface area contributed by atoms with Crippen LogP contribution in [0, 0.1) is 6.92 Å². The van der Waals surface area contributed by atoms with E-state index in [1.54, 1.807) is 6.20 Å². The largest absolute Gasteiger partial charge is 0.355 e. The molecule has 156 valence electrons. The minimum atomic E-state index is -0.0830. The minimum absolute atomic E-state index is 0.0149. The molecule has 1 fully saturated rings. The van der Waals surface area contributed by atoms with Crippen molar-refractivity contribution >= 4 is 17.5 Å². The molecule has 1 heterocycles. The van der Waals surface area contributed by atoms with Gasteiger partial charge < -0.3 is 16.0 Å². The average molecular weight is 389 g/mol. The predicted molar refractivity (Wildman–Crippen MR) is 113 cm³/mol. The number of hydrogen-bond donors (Lipinski definition) is 3. The smallest absolute Gasteiger partial charge is 0.224 e. The summed E-state index contributed by atoms with van der Waals surface area (Å²) in [6.45, 7) is 3.37. The Balaban J connectivity index is 1.51. The molecule has 3 N–H and O–H groups in total. The first-order valence-electron chi connectivity index (χ1n) is 10.9. The lowest BCUT2D eigenvalue weighted by Crippen LogP contribution is -2.37. The molecule has 6 nitrogen and oxygen atoms in total. The van der Waals surface area contributed by atoms with Gasteiger partial charge in [0.25, 0.3) is 0 Å². The first-order chi connectivity index (χ1) is 13.6. The summed E-state index contributed by atoms with van der Waals surface area (Å²) in [6, 6.07) is 4.28. The molecule has 1 saturated carbocycles. The zero-order valence-corrected chi connectivity index (χ0v) is 17.3. The van der Waals surface area contributed by atoms with Gasteiger partial charge in [0.1, 0.15) is 0 Å². The third-order valence-electron chi connectivity index (χ3n) is 5.24. The summed E-state index contributed by atoms with van der Waals surface area (Å²) in [5.74, 6) is -0.0682. The molecular weight excluding hydrogens is 352 g/mol. The van der Waals surface area contributed by atoms with Crippen LogP contribution in [0.3, 0.4) is 0 Å². The zero-order valence-electron chi connectivity index (χ0n) is 17.3. The first kappa shape index (κ1) is 22.3. The van der Waals surface area contributed by atoms with E-state index in [1.807, 2.05) is 19.1 Å². The monoisotopic (exact) mass is 388 g/mol. The minimum Gasteiger partial charge on any atom is -0.355 e. The maximum Gasteiger partial charge on any atom is 0.224 e. The van der Waals surface area contributed by atoms with Gasteiger partial charge in [0.15, 0.2) is 0 Å². The summed E-state index contributed by atoms with van der Waals surface area (Å²) in [5, 5.41) is 9.34. The Labute approximate surface area is 169 Å². The Morgan fingerprint density at radius 1 is 0.964 bits per heavy atom. The van der Waals surface area contributed by atoms with Gasteiger partial charge in [-0.1, -0.05) is 38.5 Å². The molecule has 0 aromatic carbocycles. The normalized spacial score (nSPS) is 15.9. The van der Waals surface area contributed by atoms with Crippen LogP contribution in [0.4, 0.5) is 5.69 Å². The first-order valence-corrected chi connectivity index (χ1v) is 10.9.